The molecule has 106 valence electrons. The van der Waals surface area contributed by atoms with Crippen LogP contribution >= 0.6 is 0 Å². The maximum atomic E-state index is 6.04. The minimum atomic E-state index is 0.471. The van der Waals surface area contributed by atoms with Crippen LogP contribution in [0.5, 0.6) is 0 Å². The topological polar surface area (TPSA) is 32.5 Å². The molecule has 0 aromatic rings. The summed E-state index contributed by atoms with van der Waals surface area (Å²) in [6.07, 6.45) is 9.15. The Balaban J connectivity index is 1.93. The molecule has 1 atom stereocenters. The average Bonchev–Trinajstić information content (AvgIpc) is 2.37. The minimum absolute atomic E-state index is 0.471. The van der Waals surface area contributed by atoms with Gasteiger partial charge in [0, 0.05) is 24.7 Å². The van der Waals surface area contributed by atoms with Gasteiger partial charge in [0.1, 0.15) is 0 Å². The van der Waals surface area contributed by atoms with Crippen molar-refractivity contribution in [2.24, 2.45) is 5.73 Å². The van der Waals surface area contributed by atoms with Gasteiger partial charge in [0.2, 0.25) is 0 Å². The van der Waals surface area contributed by atoms with E-state index in [4.69, 9.17) is 5.73 Å². The van der Waals surface area contributed by atoms with Crippen LogP contribution in [0.2, 0.25) is 0 Å². The zero-order chi connectivity index (χ0) is 13.0. The van der Waals surface area contributed by atoms with Gasteiger partial charge < -0.3 is 10.6 Å². The highest BCUT2D eigenvalue weighted by atomic mass is 15.2. The Bertz CT molecular complexity index is 236. The monoisotopic (exact) mass is 253 g/mol. The van der Waals surface area contributed by atoms with Crippen molar-refractivity contribution in [3.63, 3.8) is 0 Å². The molecule has 0 amide bonds. The summed E-state index contributed by atoms with van der Waals surface area (Å²) < 4.78 is 0. The lowest BCUT2D eigenvalue weighted by molar-refractivity contribution is 0.0552. The highest BCUT2D eigenvalue weighted by Gasteiger charge is 2.30. The van der Waals surface area contributed by atoms with Gasteiger partial charge in [-0.15, -0.1) is 0 Å². The van der Waals surface area contributed by atoms with Crippen LogP contribution in [0.1, 0.15) is 51.9 Å². The van der Waals surface area contributed by atoms with E-state index < -0.39 is 0 Å². The minimum Gasteiger partial charge on any atom is -0.328 e. The molecule has 0 bridgehead atoms. The molecule has 1 saturated heterocycles. The van der Waals surface area contributed by atoms with Crippen molar-refractivity contribution in [3.8, 4) is 0 Å². The summed E-state index contributed by atoms with van der Waals surface area (Å²) in [6.45, 7) is 6.14. The van der Waals surface area contributed by atoms with Crippen molar-refractivity contribution >= 4 is 0 Å². The number of likely N-dealkylation sites (tertiary alicyclic amines) is 1. The van der Waals surface area contributed by atoms with Crippen molar-refractivity contribution in [2.75, 3.05) is 26.7 Å². The number of nitrogens with two attached hydrogens (primary N) is 1. The van der Waals surface area contributed by atoms with Crippen LogP contribution in [0.25, 0.3) is 0 Å². The predicted octanol–water partition coefficient (Wildman–Crippen LogP) is 2.06. The largest absolute Gasteiger partial charge is 0.328 e. The van der Waals surface area contributed by atoms with Crippen LogP contribution in [0.3, 0.4) is 0 Å². The van der Waals surface area contributed by atoms with Gasteiger partial charge in [0.25, 0.3) is 0 Å². The van der Waals surface area contributed by atoms with Gasteiger partial charge in [0.05, 0.1) is 0 Å². The summed E-state index contributed by atoms with van der Waals surface area (Å²) in [7, 11) is 2.27. The molecule has 1 unspecified atom stereocenters. The van der Waals surface area contributed by atoms with Crippen molar-refractivity contribution in [1.29, 1.82) is 0 Å². The van der Waals surface area contributed by atoms with E-state index in [1.54, 1.807) is 0 Å². The molecule has 3 nitrogen and oxygen atoms in total. The predicted molar refractivity (Wildman–Crippen MR) is 77.7 cm³/mol. The number of piperidine rings is 1. The van der Waals surface area contributed by atoms with Gasteiger partial charge in [-0.3, -0.25) is 4.90 Å². The van der Waals surface area contributed by atoms with Crippen LogP contribution in [0.4, 0.5) is 0 Å². The first kappa shape index (κ1) is 14.3. The zero-order valence-corrected chi connectivity index (χ0v) is 12.3. The number of hydrogen-bond donors (Lipinski definition) is 1. The molecule has 2 N–H and O–H groups in total. The maximum absolute atomic E-state index is 6.04. The summed E-state index contributed by atoms with van der Waals surface area (Å²) in [5.74, 6) is 0. The van der Waals surface area contributed by atoms with Crippen molar-refractivity contribution in [2.45, 2.75) is 70.0 Å². The lowest BCUT2D eigenvalue weighted by Gasteiger charge is -2.44. The highest BCUT2D eigenvalue weighted by molar-refractivity contribution is 4.87. The molecule has 1 aliphatic heterocycles. The first-order valence-electron chi connectivity index (χ1n) is 7.90. The molecule has 2 rings (SSSR count). The van der Waals surface area contributed by atoms with E-state index in [0.29, 0.717) is 6.04 Å². The van der Waals surface area contributed by atoms with Gasteiger partial charge in [-0.2, -0.15) is 0 Å². The van der Waals surface area contributed by atoms with Gasteiger partial charge in [-0.1, -0.05) is 6.92 Å². The molecule has 0 spiro atoms. The number of hydrogen-bond acceptors (Lipinski definition) is 3. The molecule has 1 saturated carbocycles. The Morgan fingerprint density at radius 1 is 1.11 bits per heavy atom. The third-order valence-corrected chi connectivity index (χ3v) is 4.76. The highest BCUT2D eigenvalue weighted by Crippen LogP contribution is 2.26. The normalized spacial score (nSPS) is 35.0. The molecule has 3 heteroatoms. The lowest BCUT2D eigenvalue weighted by Crippen LogP contribution is -2.52. The van der Waals surface area contributed by atoms with Gasteiger partial charge in [0.15, 0.2) is 0 Å². The third kappa shape index (κ3) is 3.69. The molecule has 0 aromatic carbocycles. The summed E-state index contributed by atoms with van der Waals surface area (Å²) in [5, 5.41) is 0. The van der Waals surface area contributed by atoms with Crippen molar-refractivity contribution in [3.05, 3.63) is 0 Å². The van der Waals surface area contributed by atoms with E-state index in [1.165, 1.54) is 64.6 Å². The molecular formula is C15H31N3. The Hall–Kier alpha value is -0.120. The van der Waals surface area contributed by atoms with Crippen molar-refractivity contribution < 1.29 is 0 Å². The Morgan fingerprint density at radius 2 is 1.83 bits per heavy atom. The van der Waals surface area contributed by atoms with Gasteiger partial charge in [-0.05, 0) is 65.1 Å². The van der Waals surface area contributed by atoms with Gasteiger partial charge >= 0.3 is 0 Å². The summed E-state index contributed by atoms with van der Waals surface area (Å²) >= 11 is 0. The van der Waals surface area contributed by atoms with E-state index in [0.717, 1.165) is 12.1 Å². The number of nitrogens with zero attached hydrogens (tertiary/aromatic N) is 2. The molecule has 0 radical (unpaired) electrons. The van der Waals surface area contributed by atoms with E-state index >= 15 is 0 Å². The standard InChI is InChI=1S/C15H31N3/c1-3-10-18(14-8-6-13(16)7-9-14)15-5-4-11-17(2)12-15/h13-15H,3-12,16H2,1-2H3. The van der Waals surface area contributed by atoms with Crippen LogP contribution < -0.4 is 5.73 Å². The maximum Gasteiger partial charge on any atom is 0.0226 e. The SMILES string of the molecule is CCCN(C1CCC(N)CC1)C1CCCN(C)C1. The second kappa shape index (κ2) is 6.88. The van der Waals surface area contributed by atoms with Crippen LogP contribution in [0.15, 0.2) is 0 Å². The fraction of sp³-hybridized carbons (Fsp3) is 1.00. The molecule has 0 aromatic heterocycles. The number of rotatable bonds is 4. The summed E-state index contributed by atoms with van der Waals surface area (Å²) in [6, 6.07) is 2.07. The van der Waals surface area contributed by atoms with Crippen LogP contribution in [0, 0.1) is 0 Å². The third-order valence-electron chi connectivity index (χ3n) is 4.76. The van der Waals surface area contributed by atoms with E-state index in [2.05, 4.69) is 23.8 Å². The van der Waals surface area contributed by atoms with E-state index in [9.17, 15) is 0 Å². The summed E-state index contributed by atoms with van der Waals surface area (Å²) in [5.41, 5.74) is 6.04. The molecule has 2 fully saturated rings. The fourth-order valence-electron chi connectivity index (χ4n) is 3.76. The van der Waals surface area contributed by atoms with Crippen LogP contribution in [-0.2, 0) is 0 Å². The average molecular weight is 253 g/mol. The van der Waals surface area contributed by atoms with Crippen LogP contribution in [-0.4, -0.2) is 54.6 Å². The van der Waals surface area contributed by atoms with Gasteiger partial charge in [-0.25, -0.2) is 0 Å². The number of likely N-dealkylation sites (N-methyl/N-ethyl adjacent to an activating group) is 1. The Morgan fingerprint density at radius 3 is 2.44 bits per heavy atom. The fourth-order valence-corrected chi connectivity index (χ4v) is 3.76. The second-order valence-corrected chi connectivity index (χ2v) is 6.36. The van der Waals surface area contributed by atoms with Crippen molar-refractivity contribution in [1.82, 2.24) is 9.80 Å². The Labute approximate surface area is 113 Å². The van der Waals surface area contributed by atoms with E-state index in [-0.39, 0.29) is 0 Å². The Kier molecular flexibility index (Phi) is 5.46. The first-order valence-corrected chi connectivity index (χ1v) is 7.90. The molecule has 18 heavy (non-hydrogen) atoms. The molecular weight excluding hydrogens is 222 g/mol. The molecule has 2 aliphatic rings. The molecule has 1 heterocycles. The lowest BCUT2D eigenvalue weighted by atomic mass is 9.89. The smallest absolute Gasteiger partial charge is 0.0226 e. The summed E-state index contributed by atoms with van der Waals surface area (Å²) in [4.78, 5) is 5.33. The second-order valence-electron chi connectivity index (χ2n) is 6.36. The van der Waals surface area contributed by atoms with E-state index in [1.807, 2.05) is 0 Å². The zero-order valence-electron chi connectivity index (χ0n) is 12.3. The quantitative estimate of drug-likeness (QED) is 0.832. The molecule has 1 aliphatic carbocycles. The first-order chi connectivity index (χ1) is 8.70.